The molecule has 138 valence electrons. The molecule has 1 amide bonds. The number of halogens is 1. The van der Waals surface area contributed by atoms with Gasteiger partial charge in [0.2, 0.25) is 15.9 Å². The van der Waals surface area contributed by atoms with Gasteiger partial charge in [-0.15, -0.1) is 0 Å². The monoisotopic (exact) mass is 437 g/mol. The predicted octanol–water partition coefficient (Wildman–Crippen LogP) is 3.43. The second-order valence-electron chi connectivity index (χ2n) is 6.15. The maximum atomic E-state index is 12.3. The highest BCUT2D eigenvalue weighted by atomic mass is 79.9. The summed E-state index contributed by atoms with van der Waals surface area (Å²) in [6.07, 6.45) is 0.648. The summed E-state index contributed by atoms with van der Waals surface area (Å²) in [4.78, 5) is 12.3. The number of nitrogens with zero attached hydrogens (tertiary/aromatic N) is 1. The van der Waals surface area contributed by atoms with Crippen molar-refractivity contribution in [1.29, 1.82) is 0 Å². The standard InChI is InChI=1S/C18H20BrN3O3S/c1-13(18(23)21-16-5-3-14(19)4-6-16)20-15-7-9-17(10-8-15)22-11-2-12-26(22,24)25/h3-10,13,20H,2,11-12H2,1H3,(H,21,23). The van der Waals surface area contributed by atoms with Gasteiger partial charge in [0.25, 0.3) is 0 Å². The van der Waals surface area contributed by atoms with Crippen LogP contribution >= 0.6 is 15.9 Å². The van der Waals surface area contributed by atoms with Gasteiger partial charge in [-0.25, -0.2) is 8.42 Å². The molecule has 0 aromatic heterocycles. The normalized spacial score (nSPS) is 16.9. The Bertz CT molecular complexity index is 883. The molecule has 0 spiro atoms. The van der Waals surface area contributed by atoms with E-state index >= 15 is 0 Å². The van der Waals surface area contributed by atoms with E-state index in [1.807, 2.05) is 24.3 Å². The largest absolute Gasteiger partial charge is 0.374 e. The van der Waals surface area contributed by atoms with E-state index in [1.165, 1.54) is 4.31 Å². The van der Waals surface area contributed by atoms with Crippen LogP contribution in [-0.2, 0) is 14.8 Å². The van der Waals surface area contributed by atoms with Gasteiger partial charge in [-0.1, -0.05) is 15.9 Å². The zero-order valence-corrected chi connectivity index (χ0v) is 16.7. The summed E-state index contributed by atoms with van der Waals surface area (Å²) < 4.78 is 26.3. The van der Waals surface area contributed by atoms with Crippen LogP contribution in [0.15, 0.2) is 53.0 Å². The zero-order chi connectivity index (χ0) is 18.7. The van der Waals surface area contributed by atoms with E-state index in [-0.39, 0.29) is 11.7 Å². The molecular formula is C18H20BrN3O3S. The van der Waals surface area contributed by atoms with Crippen LogP contribution in [0.5, 0.6) is 0 Å². The zero-order valence-electron chi connectivity index (χ0n) is 14.3. The average molecular weight is 438 g/mol. The van der Waals surface area contributed by atoms with Crippen LogP contribution in [0.3, 0.4) is 0 Å². The van der Waals surface area contributed by atoms with Crippen LogP contribution in [0.4, 0.5) is 17.1 Å². The summed E-state index contributed by atoms with van der Waals surface area (Å²) in [5, 5.41) is 5.97. The Kier molecular flexibility index (Phi) is 5.52. The maximum absolute atomic E-state index is 12.3. The number of hydrogen-bond acceptors (Lipinski definition) is 4. The molecule has 3 rings (SSSR count). The second kappa shape index (κ2) is 7.67. The van der Waals surface area contributed by atoms with Crippen molar-refractivity contribution in [1.82, 2.24) is 0 Å². The summed E-state index contributed by atoms with van der Waals surface area (Å²) in [5.41, 5.74) is 2.13. The van der Waals surface area contributed by atoms with Crippen molar-refractivity contribution in [2.75, 3.05) is 27.2 Å². The van der Waals surface area contributed by atoms with Crippen LogP contribution in [0.2, 0.25) is 0 Å². The van der Waals surface area contributed by atoms with Crippen molar-refractivity contribution >= 4 is 48.9 Å². The molecule has 1 saturated heterocycles. The summed E-state index contributed by atoms with van der Waals surface area (Å²) >= 11 is 3.36. The molecule has 8 heteroatoms. The van der Waals surface area contributed by atoms with Gasteiger partial charge in [0.05, 0.1) is 11.4 Å². The molecule has 1 fully saturated rings. The van der Waals surface area contributed by atoms with Gasteiger partial charge in [0.1, 0.15) is 6.04 Å². The van der Waals surface area contributed by atoms with E-state index in [1.54, 1.807) is 31.2 Å². The van der Waals surface area contributed by atoms with E-state index in [0.717, 1.165) is 15.8 Å². The minimum absolute atomic E-state index is 0.154. The minimum Gasteiger partial charge on any atom is -0.374 e. The van der Waals surface area contributed by atoms with Gasteiger partial charge in [0.15, 0.2) is 0 Å². The van der Waals surface area contributed by atoms with Crippen molar-refractivity contribution in [3.63, 3.8) is 0 Å². The van der Waals surface area contributed by atoms with Crippen LogP contribution < -0.4 is 14.9 Å². The molecule has 1 heterocycles. The van der Waals surface area contributed by atoms with Crippen LogP contribution in [0.1, 0.15) is 13.3 Å². The van der Waals surface area contributed by atoms with Crippen molar-refractivity contribution in [3.8, 4) is 0 Å². The van der Waals surface area contributed by atoms with Gasteiger partial charge in [-0.3, -0.25) is 9.10 Å². The Morgan fingerprint density at radius 3 is 2.27 bits per heavy atom. The molecule has 1 atom stereocenters. The quantitative estimate of drug-likeness (QED) is 0.750. The highest BCUT2D eigenvalue weighted by Gasteiger charge is 2.28. The number of amides is 1. The third-order valence-electron chi connectivity index (χ3n) is 4.14. The summed E-state index contributed by atoms with van der Waals surface area (Å²) in [6.45, 7) is 2.29. The Labute approximate surface area is 161 Å². The number of benzene rings is 2. The lowest BCUT2D eigenvalue weighted by atomic mass is 10.2. The first-order valence-corrected chi connectivity index (χ1v) is 10.7. The Morgan fingerprint density at radius 2 is 1.69 bits per heavy atom. The van der Waals surface area contributed by atoms with Crippen molar-refractivity contribution < 1.29 is 13.2 Å². The third kappa shape index (κ3) is 4.37. The smallest absolute Gasteiger partial charge is 0.246 e. The number of carbonyl (C=O) groups excluding carboxylic acids is 1. The molecular weight excluding hydrogens is 418 g/mol. The highest BCUT2D eigenvalue weighted by Crippen LogP contribution is 2.25. The van der Waals surface area contributed by atoms with E-state index in [2.05, 4.69) is 26.6 Å². The fraction of sp³-hybridized carbons (Fsp3) is 0.278. The average Bonchev–Trinajstić information content (AvgIpc) is 2.97. The van der Waals surface area contributed by atoms with Gasteiger partial charge in [-0.05, 0) is 61.9 Å². The van der Waals surface area contributed by atoms with Crippen molar-refractivity contribution in [2.45, 2.75) is 19.4 Å². The second-order valence-corrected chi connectivity index (χ2v) is 9.08. The van der Waals surface area contributed by atoms with Crippen LogP contribution in [0, 0.1) is 0 Å². The molecule has 1 aliphatic heterocycles. The van der Waals surface area contributed by atoms with Crippen LogP contribution in [0.25, 0.3) is 0 Å². The molecule has 1 aliphatic rings. The Balaban J connectivity index is 1.61. The lowest BCUT2D eigenvalue weighted by Crippen LogP contribution is -2.31. The van der Waals surface area contributed by atoms with Gasteiger partial charge >= 0.3 is 0 Å². The highest BCUT2D eigenvalue weighted by molar-refractivity contribution is 9.10. The van der Waals surface area contributed by atoms with Crippen LogP contribution in [-0.4, -0.2) is 32.7 Å². The van der Waals surface area contributed by atoms with E-state index in [9.17, 15) is 13.2 Å². The van der Waals surface area contributed by atoms with Crippen molar-refractivity contribution in [3.05, 3.63) is 53.0 Å². The number of nitrogens with one attached hydrogen (secondary N) is 2. The fourth-order valence-electron chi connectivity index (χ4n) is 2.75. The first-order chi connectivity index (χ1) is 12.3. The molecule has 6 nitrogen and oxygen atoms in total. The number of anilines is 3. The van der Waals surface area contributed by atoms with Gasteiger partial charge in [0, 0.05) is 22.4 Å². The molecule has 0 bridgehead atoms. The number of rotatable bonds is 5. The van der Waals surface area contributed by atoms with E-state index < -0.39 is 16.1 Å². The van der Waals surface area contributed by atoms with E-state index in [4.69, 9.17) is 0 Å². The number of sulfonamides is 1. The number of hydrogen-bond donors (Lipinski definition) is 2. The van der Waals surface area contributed by atoms with Gasteiger partial charge in [-0.2, -0.15) is 0 Å². The lowest BCUT2D eigenvalue weighted by molar-refractivity contribution is -0.116. The Hall–Kier alpha value is -2.06. The third-order valence-corrected chi connectivity index (χ3v) is 6.54. The van der Waals surface area contributed by atoms with Crippen molar-refractivity contribution in [2.24, 2.45) is 0 Å². The van der Waals surface area contributed by atoms with E-state index in [0.29, 0.717) is 18.7 Å². The maximum Gasteiger partial charge on any atom is 0.246 e. The molecule has 2 N–H and O–H groups in total. The summed E-state index contributed by atoms with van der Waals surface area (Å²) in [5.74, 6) is 0.0406. The predicted molar refractivity (Wildman–Crippen MR) is 108 cm³/mol. The topological polar surface area (TPSA) is 78.5 Å². The number of carbonyl (C=O) groups is 1. The molecule has 2 aromatic carbocycles. The minimum atomic E-state index is -3.18. The molecule has 1 unspecified atom stereocenters. The fourth-order valence-corrected chi connectivity index (χ4v) is 4.58. The lowest BCUT2D eigenvalue weighted by Gasteiger charge is -2.19. The first kappa shape index (κ1) is 18.7. The molecule has 26 heavy (non-hydrogen) atoms. The molecule has 0 radical (unpaired) electrons. The SMILES string of the molecule is CC(Nc1ccc(N2CCCS2(=O)=O)cc1)C(=O)Nc1ccc(Br)cc1. The summed E-state index contributed by atoms with van der Waals surface area (Å²) in [7, 11) is -3.18. The summed E-state index contributed by atoms with van der Waals surface area (Å²) in [6, 6.07) is 14.0. The first-order valence-electron chi connectivity index (χ1n) is 8.28. The Morgan fingerprint density at radius 1 is 1.08 bits per heavy atom. The molecule has 0 aliphatic carbocycles. The van der Waals surface area contributed by atoms with Gasteiger partial charge < -0.3 is 10.6 Å². The molecule has 0 saturated carbocycles. The molecule has 2 aromatic rings.